The van der Waals surface area contributed by atoms with Crippen LogP contribution in [-0.4, -0.2) is 35.4 Å². The summed E-state index contributed by atoms with van der Waals surface area (Å²) in [6.07, 6.45) is 6.28. The molecule has 1 amide bonds. The van der Waals surface area contributed by atoms with E-state index in [4.69, 9.17) is 5.73 Å². The van der Waals surface area contributed by atoms with Crippen molar-refractivity contribution < 1.29 is 4.79 Å². The number of hydrogen-bond acceptors (Lipinski definition) is 4. The van der Waals surface area contributed by atoms with Crippen molar-refractivity contribution >= 4 is 23.3 Å². The van der Waals surface area contributed by atoms with Crippen LogP contribution in [-0.2, 0) is 4.79 Å². The van der Waals surface area contributed by atoms with Crippen LogP contribution in [0.5, 0.6) is 0 Å². The average molecular weight is 251 g/mol. The van der Waals surface area contributed by atoms with Crippen LogP contribution >= 0.6 is 11.3 Å². The summed E-state index contributed by atoms with van der Waals surface area (Å²) < 4.78 is 0. The predicted molar refractivity (Wildman–Crippen MR) is 69.6 cm³/mol. The van der Waals surface area contributed by atoms with Crippen molar-refractivity contribution in [2.75, 3.05) is 19.6 Å². The molecule has 1 unspecified atom stereocenters. The van der Waals surface area contributed by atoms with E-state index in [1.165, 1.54) is 0 Å². The Hall–Kier alpha value is -1.20. The molecule has 1 aliphatic heterocycles. The zero-order chi connectivity index (χ0) is 12.3. The first-order chi connectivity index (χ1) is 8.19. The first kappa shape index (κ1) is 12.3. The van der Waals surface area contributed by atoms with E-state index in [2.05, 4.69) is 4.98 Å². The number of hydrogen-bond donors (Lipinski definition) is 1. The third kappa shape index (κ3) is 3.14. The highest BCUT2D eigenvalue weighted by Gasteiger charge is 2.23. The third-order valence-electron chi connectivity index (χ3n) is 2.96. The fourth-order valence-electron chi connectivity index (χ4n) is 1.94. The minimum Gasteiger partial charge on any atom is -0.339 e. The minimum atomic E-state index is 0.0759. The van der Waals surface area contributed by atoms with Crippen molar-refractivity contribution in [1.29, 1.82) is 0 Å². The van der Waals surface area contributed by atoms with Crippen molar-refractivity contribution in [3.8, 4) is 0 Å². The van der Waals surface area contributed by atoms with Gasteiger partial charge in [0, 0.05) is 30.2 Å². The summed E-state index contributed by atoms with van der Waals surface area (Å²) in [6.45, 7) is 4.24. The number of likely N-dealkylation sites (tertiary alicyclic amines) is 1. The normalized spacial score (nSPS) is 20.4. The molecule has 1 aromatic heterocycles. The van der Waals surface area contributed by atoms with E-state index in [1.54, 1.807) is 23.6 Å². The summed E-state index contributed by atoms with van der Waals surface area (Å²) >= 11 is 1.59. The summed E-state index contributed by atoms with van der Waals surface area (Å²) in [4.78, 5) is 18.9. The van der Waals surface area contributed by atoms with Gasteiger partial charge in [-0.2, -0.15) is 0 Å². The van der Waals surface area contributed by atoms with E-state index in [1.807, 2.05) is 17.9 Å². The lowest BCUT2D eigenvalue weighted by atomic mass is 10.1. The van der Waals surface area contributed by atoms with E-state index in [9.17, 15) is 4.79 Å². The molecule has 2 rings (SSSR count). The molecule has 0 spiro atoms. The molecule has 0 aromatic carbocycles. The summed E-state index contributed by atoms with van der Waals surface area (Å²) in [6, 6.07) is 0. The van der Waals surface area contributed by atoms with Crippen LogP contribution in [0, 0.1) is 12.8 Å². The standard InChI is InChI=1S/C12H17N3OS/c1-9-14-7-11(17-9)2-3-12(16)15-5-4-10(6-13)8-15/h2-3,7,10H,4-6,8,13H2,1H3. The molecule has 4 nitrogen and oxygen atoms in total. The lowest BCUT2D eigenvalue weighted by molar-refractivity contribution is -0.125. The SMILES string of the molecule is Cc1ncc(C=CC(=O)N2CCC(CN)C2)s1. The molecule has 1 aromatic rings. The van der Waals surface area contributed by atoms with E-state index < -0.39 is 0 Å². The Labute approximate surface area is 105 Å². The first-order valence-corrected chi connectivity index (χ1v) is 6.60. The molecule has 1 aliphatic rings. The van der Waals surface area contributed by atoms with Crippen molar-refractivity contribution in [2.24, 2.45) is 11.7 Å². The smallest absolute Gasteiger partial charge is 0.246 e. The van der Waals surface area contributed by atoms with Gasteiger partial charge in [-0.25, -0.2) is 4.98 Å². The first-order valence-electron chi connectivity index (χ1n) is 5.78. The number of amides is 1. The molecule has 17 heavy (non-hydrogen) atoms. The van der Waals surface area contributed by atoms with Gasteiger partial charge in [-0.15, -0.1) is 11.3 Å². The quantitative estimate of drug-likeness (QED) is 0.823. The summed E-state index contributed by atoms with van der Waals surface area (Å²) in [5, 5.41) is 1.02. The molecular formula is C12H17N3OS. The zero-order valence-corrected chi connectivity index (χ0v) is 10.7. The number of nitrogens with zero attached hydrogens (tertiary/aromatic N) is 2. The Kier molecular flexibility index (Phi) is 3.91. The molecule has 1 saturated heterocycles. The van der Waals surface area contributed by atoms with Gasteiger partial charge in [-0.1, -0.05) is 0 Å². The van der Waals surface area contributed by atoms with E-state index in [0.717, 1.165) is 29.4 Å². The topological polar surface area (TPSA) is 59.2 Å². The van der Waals surface area contributed by atoms with Crippen molar-refractivity contribution in [3.05, 3.63) is 22.2 Å². The maximum absolute atomic E-state index is 11.9. The Bertz CT molecular complexity index is 427. The molecule has 0 bridgehead atoms. The predicted octanol–water partition coefficient (Wildman–Crippen LogP) is 1.27. The number of rotatable bonds is 3. The monoisotopic (exact) mass is 251 g/mol. The van der Waals surface area contributed by atoms with Gasteiger partial charge < -0.3 is 10.6 Å². The van der Waals surface area contributed by atoms with E-state index >= 15 is 0 Å². The molecule has 2 heterocycles. The second kappa shape index (κ2) is 5.42. The highest BCUT2D eigenvalue weighted by molar-refractivity contribution is 7.12. The summed E-state index contributed by atoms with van der Waals surface area (Å²) in [7, 11) is 0. The van der Waals surface area contributed by atoms with Crippen LogP contribution in [0.15, 0.2) is 12.3 Å². The average Bonchev–Trinajstić information content (AvgIpc) is 2.94. The van der Waals surface area contributed by atoms with E-state index in [-0.39, 0.29) is 5.91 Å². The summed E-state index contributed by atoms with van der Waals surface area (Å²) in [5.74, 6) is 0.546. The van der Waals surface area contributed by atoms with Gasteiger partial charge in [0.05, 0.1) is 5.01 Å². The Morgan fingerprint density at radius 2 is 2.59 bits per heavy atom. The number of carbonyl (C=O) groups excluding carboxylic acids is 1. The molecule has 0 aliphatic carbocycles. The minimum absolute atomic E-state index is 0.0759. The van der Waals surface area contributed by atoms with Gasteiger partial charge in [0.15, 0.2) is 0 Å². The van der Waals surface area contributed by atoms with Crippen LogP contribution in [0.3, 0.4) is 0 Å². The van der Waals surface area contributed by atoms with E-state index in [0.29, 0.717) is 12.5 Å². The van der Waals surface area contributed by atoms with Gasteiger partial charge in [0.25, 0.3) is 0 Å². The number of aryl methyl sites for hydroxylation is 1. The number of nitrogens with two attached hydrogens (primary N) is 1. The second-order valence-electron chi connectivity index (χ2n) is 4.29. The zero-order valence-electron chi connectivity index (χ0n) is 9.93. The molecule has 0 saturated carbocycles. The number of carbonyl (C=O) groups is 1. The van der Waals surface area contributed by atoms with Gasteiger partial charge >= 0.3 is 0 Å². The van der Waals surface area contributed by atoms with Crippen LogP contribution < -0.4 is 5.73 Å². The molecule has 1 fully saturated rings. The van der Waals surface area contributed by atoms with Gasteiger partial charge in [0.2, 0.25) is 5.91 Å². The molecule has 1 atom stereocenters. The summed E-state index contributed by atoms with van der Waals surface area (Å²) in [5.41, 5.74) is 5.60. The molecule has 2 N–H and O–H groups in total. The number of thiazole rings is 1. The highest BCUT2D eigenvalue weighted by Crippen LogP contribution is 2.16. The Balaban J connectivity index is 1.91. The van der Waals surface area contributed by atoms with Crippen LogP contribution in [0.4, 0.5) is 0 Å². The molecule has 5 heteroatoms. The Morgan fingerprint density at radius 1 is 1.76 bits per heavy atom. The van der Waals surface area contributed by atoms with Crippen molar-refractivity contribution in [2.45, 2.75) is 13.3 Å². The van der Waals surface area contributed by atoms with Gasteiger partial charge in [-0.3, -0.25) is 4.79 Å². The van der Waals surface area contributed by atoms with Crippen LogP contribution in [0.25, 0.3) is 6.08 Å². The number of aromatic nitrogens is 1. The van der Waals surface area contributed by atoms with Crippen LogP contribution in [0.1, 0.15) is 16.3 Å². The fraction of sp³-hybridized carbons (Fsp3) is 0.500. The fourth-order valence-corrected chi connectivity index (χ4v) is 2.63. The third-order valence-corrected chi connectivity index (χ3v) is 3.84. The van der Waals surface area contributed by atoms with Gasteiger partial charge in [-0.05, 0) is 31.9 Å². The van der Waals surface area contributed by atoms with Gasteiger partial charge in [0.1, 0.15) is 0 Å². The maximum Gasteiger partial charge on any atom is 0.246 e. The van der Waals surface area contributed by atoms with Crippen molar-refractivity contribution in [1.82, 2.24) is 9.88 Å². The molecule has 92 valence electrons. The molecular weight excluding hydrogens is 234 g/mol. The lowest BCUT2D eigenvalue weighted by Crippen LogP contribution is -2.28. The molecule has 0 radical (unpaired) electrons. The van der Waals surface area contributed by atoms with Crippen LogP contribution in [0.2, 0.25) is 0 Å². The maximum atomic E-state index is 11.9. The lowest BCUT2D eigenvalue weighted by Gasteiger charge is -2.13. The second-order valence-corrected chi connectivity index (χ2v) is 5.56. The highest BCUT2D eigenvalue weighted by atomic mass is 32.1. The van der Waals surface area contributed by atoms with Crippen molar-refractivity contribution in [3.63, 3.8) is 0 Å². The largest absolute Gasteiger partial charge is 0.339 e. The Morgan fingerprint density at radius 3 is 3.18 bits per heavy atom.